The van der Waals surface area contributed by atoms with Gasteiger partial charge in [-0.15, -0.1) is 11.6 Å². The molecule has 0 N–H and O–H groups in total. The number of nitrogens with zero attached hydrogens (tertiary/aromatic N) is 3. The molecular weight excluding hydrogens is 421 g/mol. The smallest absolute Gasteiger partial charge is 0.426 e. The highest BCUT2D eigenvalue weighted by molar-refractivity contribution is 7.92. The molecule has 0 atom stereocenters. The first-order chi connectivity index (χ1) is 12.3. The van der Waals surface area contributed by atoms with Crippen molar-refractivity contribution in [3.8, 4) is 5.75 Å². The van der Waals surface area contributed by atoms with Crippen LogP contribution in [0, 0.1) is 0 Å². The molecule has 1 heterocycles. The van der Waals surface area contributed by atoms with Gasteiger partial charge in [-0.1, -0.05) is 0 Å². The lowest BCUT2D eigenvalue weighted by molar-refractivity contribution is -0.360. The Bertz CT molecular complexity index is 910. The van der Waals surface area contributed by atoms with Gasteiger partial charge in [0, 0.05) is 11.9 Å². The predicted molar refractivity (Wildman–Crippen MR) is 86.6 cm³/mol. The van der Waals surface area contributed by atoms with Crippen molar-refractivity contribution >= 4 is 33.0 Å². The predicted octanol–water partition coefficient (Wildman–Crippen LogP) is 3.85. The van der Waals surface area contributed by atoms with E-state index < -0.39 is 28.1 Å². The Morgan fingerprint density at radius 1 is 1.07 bits per heavy atom. The lowest BCUT2D eigenvalue weighted by Crippen LogP contribution is -2.41. The highest BCUT2D eigenvalue weighted by Gasteiger charge is 2.61. The normalized spacial score (nSPS) is 12.7. The van der Waals surface area contributed by atoms with Crippen LogP contribution in [0.25, 0.3) is 0 Å². The molecule has 0 aliphatic heterocycles. The lowest BCUT2D eigenvalue weighted by Gasteiger charge is -2.24. The number of hydrogen-bond donors (Lipinski definition) is 0. The summed E-state index contributed by atoms with van der Waals surface area (Å²) in [7, 11) is -4.04. The van der Waals surface area contributed by atoms with Crippen molar-refractivity contribution in [2.75, 3.05) is 10.6 Å². The molecule has 0 aliphatic carbocycles. The number of rotatable bonds is 6. The van der Waals surface area contributed by atoms with Crippen LogP contribution in [0.3, 0.4) is 0 Å². The van der Waals surface area contributed by atoms with Gasteiger partial charge in [0.1, 0.15) is 12.1 Å². The minimum atomic E-state index is -5.96. The summed E-state index contributed by atoms with van der Waals surface area (Å²) in [6.45, 7) is 0. The van der Waals surface area contributed by atoms with Crippen molar-refractivity contribution < 1.29 is 35.1 Å². The van der Waals surface area contributed by atoms with Crippen molar-refractivity contribution in [1.82, 2.24) is 9.97 Å². The van der Waals surface area contributed by atoms with Gasteiger partial charge in [0.15, 0.2) is 0 Å². The van der Waals surface area contributed by atoms with E-state index in [2.05, 4.69) is 14.7 Å². The maximum Gasteiger partial charge on any atom is 0.499 e. The van der Waals surface area contributed by atoms with Crippen LogP contribution in [-0.4, -0.2) is 36.9 Å². The van der Waals surface area contributed by atoms with Crippen LogP contribution < -0.4 is 9.04 Å². The van der Waals surface area contributed by atoms with Crippen LogP contribution in [0.1, 0.15) is 5.56 Å². The van der Waals surface area contributed by atoms with E-state index in [9.17, 15) is 30.4 Å². The van der Waals surface area contributed by atoms with E-state index in [4.69, 9.17) is 11.6 Å². The molecule has 0 spiro atoms. The Morgan fingerprint density at radius 2 is 1.67 bits per heavy atom. The molecule has 148 valence electrons. The monoisotopic (exact) mass is 431 g/mol. The number of alkyl halides is 6. The molecule has 0 unspecified atom stereocenters. The maximum atomic E-state index is 13.2. The Morgan fingerprint density at radius 3 is 2.15 bits per heavy atom. The van der Waals surface area contributed by atoms with Crippen LogP contribution in [-0.2, 0) is 15.9 Å². The summed E-state index contributed by atoms with van der Waals surface area (Å²) in [5, 5.41) is 0. The van der Waals surface area contributed by atoms with Crippen molar-refractivity contribution in [3.05, 3.63) is 42.5 Å². The molecule has 1 aromatic carbocycles. The third kappa shape index (κ3) is 4.95. The molecule has 0 amide bonds. The number of anilines is 2. The molecule has 27 heavy (non-hydrogen) atoms. The zero-order chi connectivity index (χ0) is 20.5. The summed E-state index contributed by atoms with van der Waals surface area (Å²) < 4.78 is 92.3. The summed E-state index contributed by atoms with van der Waals surface area (Å²) in [5.74, 6) is -1.22. The summed E-state index contributed by atoms with van der Waals surface area (Å²) in [6, 6.07) is 2.75. The highest BCUT2D eigenvalue weighted by Crippen LogP contribution is 2.39. The minimum absolute atomic E-state index is 0.0487. The summed E-state index contributed by atoms with van der Waals surface area (Å²) in [4.78, 5) is 7.32. The fraction of sp³-hybridized carbons (Fsp3) is 0.286. The van der Waals surface area contributed by atoms with E-state index in [0.29, 0.717) is 10.4 Å². The first kappa shape index (κ1) is 21.1. The fourth-order valence-corrected chi connectivity index (χ4v) is 3.15. The van der Waals surface area contributed by atoms with Crippen LogP contribution in [0.5, 0.6) is 5.75 Å². The van der Waals surface area contributed by atoms with E-state index in [1.807, 2.05) is 0 Å². The molecule has 0 radical (unpaired) electrons. The zero-order valence-electron chi connectivity index (χ0n) is 13.4. The Kier molecular flexibility index (Phi) is 5.80. The van der Waals surface area contributed by atoms with Gasteiger partial charge >= 0.3 is 12.3 Å². The average Bonchev–Trinajstić information content (AvgIpc) is 2.53. The van der Waals surface area contributed by atoms with Gasteiger partial charge in [0.25, 0.3) is 0 Å². The number of sulfonamides is 1. The number of halogens is 6. The van der Waals surface area contributed by atoms with Gasteiger partial charge in [-0.25, -0.2) is 22.7 Å². The van der Waals surface area contributed by atoms with Crippen LogP contribution in [0.2, 0.25) is 0 Å². The molecule has 1 aromatic heterocycles. The van der Waals surface area contributed by atoms with Crippen molar-refractivity contribution in [3.63, 3.8) is 0 Å². The minimum Gasteiger partial charge on any atom is -0.426 e. The average molecular weight is 432 g/mol. The molecule has 2 aromatic rings. The third-order valence-corrected chi connectivity index (χ3v) is 4.42. The Balaban J connectivity index is 2.59. The molecule has 0 saturated heterocycles. The quantitative estimate of drug-likeness (QED) is 0.513. The molecule has 0 fully saturated rings. The van der Waals surface area contributed by atoms with Gasteiger partial charge < -0.3 is 4.74 Å². The van der Waals surface area contributed by atoms with Gasteiger partial charge in [0.05, 0.1) is 30.0 Å². The summed E-state index contributed by atoms with van der Waals surface area (Å²) >= 11 is 5.64. The first-order valence-corrected chi connectivity index (χ1v) is 9.32. The van der Waals surface area contributed by atoms with Crippen molar-refractivity contribution in [1.29, 1.82) is 0 Å². The standard InChI is InChI=1S/C14H11ClF5N3O3S/c1-27(24,25)23(11-6-21-8-22-7-11)10-2-9(5-15)3-12(4-10)26-14(19,20)13(16,17)18/h2-4,6-8H,5H2,1H3. The zero-order valence-corrected chi connectivity index (χ0v) is 15.0. The van der Waals surface area contributed by atoms with Crippen LogP contribution in [0.15, 0.2) is 36.9 Å². The third-order valence-electron chi connectivity index (χ3n) is 3.03. The van der Waals surface area contributed by atoms with Gasteiger partial charge in [-0.05, 0) is 17.7 Å². The van der Waals surface area contributed by atoms with Crippen molar-refractivity contribution in [2.45, 2.75) is 18.2 Å². The Hall–Kier alpha value is -2.21. The SMILES string of the molecule is CS(=O)(=O)N(c1cncnc1)c1cc(CCl)cc(OC(F)(F)C(F)(F)F)c1. The molecular formula is C14H11ClF5N3O3S. The highest BCUT2D eigenvalue weighted by atomic mass is 35.5. The fourth-order valence-electron chi connectivity index (χ4n) is 2.03. The lowest BCUT2D eigenvalue weighted by atomic mass is 10.2. The van der Waals surface area contributed by atoms with E-state index in [1.54, 1.807) is 0 Å². The van der Waals surface area contributed by atoms with Gasteiger partial charge in [0.2, 0.25) is 10.0 Å². The second kappa shape index (κ2) is 7.43. The topological polar surface area (TPSA) is 72.4 Å². The Labute approximate surface area is 155 Å². The van der Waals surface area contributed by atoms with E-state index in [1.165, 1.54) is 6.07 Å². The summed E-state index contributed by atoms with van der Waals surface area (Å²) in [6.07, 6.45) is -7.29. The second-order valence-electron chi connectivity index (χ2n) is 5.21. The van der Waals surface area contributed by atoms with Gasteiger partial charge in [-0.3, -0.25) is 0 Å². The molecule has 0 aliphatic rings. The maximum absolute atomic E-state index is 13.2. The second-order valence-corrected chi connectivity index (χ2v) is 7.31. The molecule has 0 bridgehead atoms. The summed E-state index contributed by atoms with van der Waals surface area (Å²) in [5.41, 5.74) is -0.300. The van der Waals surface area contributed by atoms with E-state index in [-0.39, 0.29) is 22.8 Å². The molecule has 0 saturated carbocycles. The van der Waals surface area contributed by atoms with E-state index >= 15 is 0 Å². The van der Waals surface area contributed by atoms with Crippen LogP contribution >= 0.6 is 11.6 Å². The molecule has 13 heteroatoms. The largest absolute Gasteiger partial charge is 0.499 e. The number of benzene rings is 1. The van der Waals surface area contributed by atoms with Gasteiger partial charge in [-0.2, -0.15) is 22.0 Å². The molecule has 2 rings (SSSR count). The van der Waals surface area contributed by atoms with Crippen LogP contribution in [0.4, 0.5) is 33.3 Å². The molecule has 6 nitrogen and oxygen atoms in total. The number of hydrogen-bond acceptors (Lipinski definition) is 5. The number of aromatic nitrogens is 2. The number of ether oxygens (including phenoxy) is 1. The van der Waals surface area contributed by atoms with E-state index in [0.717, 1.165) is 31.0 Å². The van der Waals surface area contributed by atoms with Crippen molar-refractivity contribution in [2.24, 2.45) is 0 Å². The first-order valence-electron chi connectivity index (χ1n) is 6.94.